The molecule has 0 aliphatic carbocycles. The van der Waals surface area contributed by atoms with Crippen molar-refractivity contribution in [2.75, 3.05) is 0 Å². The summed E-state index contributed by atoms with van der Waals surface area (Å²) in [6.45, 7) is 0. The van der Waals surface area contributed by atoms with Crippen LogP contribution in [-0.2, 0) is 0 Å². The molecule has 10 aromatic rings. The maximum atomic E-state index is 6.20. The van der Waals surface area contributed by atoms with Crippen LogP contribution in [-0.4, -0.2) is 4.57 Å². The number of fused-ring (bicyclic) bond motifs is 10. The van der Waals surface area contributed by atoms with E-state index in [0.717, 1.165) is 27.6 Å². The molecule has 0 spiro atoms. The fourth-order valence-electron chi connectivity index (χ4n) is 7.17. The van der Waals surface area contributed by atoms with Crippen molar-refractivity contribution in [3.8, 4) is 27.9 Å². The van der Waals surface area contributed by atoms with E-state index in [9.17, 15) is 0 Å². The highest BCUT2D eigenvalue weighted by molar-refractivity contribution is 7.26. The third-order valence-corrected chi connectivity index (χ3v) is 10.4. The molecule has 0 aliphatic rings. The van der Waals surface area contributed by atoms with E-state index in [4.69, 9.17) is 4.42 Å². The number of benzene rings is 7. The summed E-state index contributed by atoms with van der Waals surface area (Å²) < 4.78 is 11.3. The predicted octanol–water partition coefficient (Wildman–Crippen LogP) is 12.4. The summed E-state index contributed by atoms with van der Waals surface area (Å²) in [5.74, 6) is 0. The van der Waals surface area contributed by atoms with Gasteiger partial charge in [-0.25, -0.2) is 0 Å². The van der Waals surface area contributed by atoms with Gasteiger partial charge in [-0.1, -0.05) is 109 Å². The summed E-state index contributed by atoms with van der Waals surface area (Å²) in [6.07, 6.45) is 0. The van der Waals surface area contributed by atoms with Crippen LogP contribution in [0.3, 0.4) is 0 Å². The van der Waals surface area contributed by atoms with Crippen molar-refractivity contribution in [1.82, 2.24) is 4.57 Å². The van der Waals surface area contributed by atoms with Crippen molar-refractivity contribution in [2.24, 2.45) is 0 Å². The van der Waals surface area contributed by atoms with Gasteiger partial charge < -0.3 is 8.98 Å². The van der Waals surface area contributed by atoms with Crippen LogP contribution in [0.4, 0.5) is 0 Å². The Kier molecular flexibility index (Phi) is 5.19. The van der Waals surface area contributed by atoms with E-state index in [2.05, 4.69) is 144 Å². The number of aromatic nitrogens is 1. The lowest BCUT2D eigenvalue weighted by Gasteiger charge is -2.15. The highest BCUT2D eigenvalue weighted by Gasteiger charge is 2.19. The van der Waals surface area contributed by atoms with Gasteiger partial charge in [0.1, 0.15) is 11.2 Å². The summed E-state index contributed by atoms with van der Waals surface area (Å²) in [6, 6.07) is 54.8. The Labute approximate surface area is 263 Å². The Balaban J connectivity index is 1.30. The molecule has 7 aromatic carbocycles. The molecule has 0 aliphatic heterocycles. The average molecular weight is 592 g/mol. The minimum atomic E-state index is 0.909. The van der Waals surface area contributed by atoms with Gasteiger partial charge in [0.15, 0.2) is 0 Å². The molecule has 0 atom stereocenters. The molecule has 10 rings (SSSR count). The molecule has 210 valence electrons. The van der Waals surface area contributed by atoms with Crippen LogP contribution in [0.15, 0.2) is 156 Å². The van der Waals surface area contributed by atoms with Crippen molar-refractivity contribution in [1.29, 1.82) is 0 Å². The van der Waals surface area contributed by atoms with Gasteiger partial charge in [-0.05, 0) is 64.7 Å². The molecule has 0 amide bonds. The van der Waals surface area contributed by atoms with E-state index in [1.54, 1.807) is 0 Å². The summed E-state index contributed by atoms with van der Waals surface area (Å²) in [4.78, 5) is 0. The topological polar surface area (TPSA) is 18.1 Å². The van der Waals surface area contributed by atoms with Crippen LogP contribution < -0.4 is 0 Å². The van der Waals surface area contributed by atoms with Gasteiger partial charge >= 0.3 is 0 Å². The minimum absolute atomic E-state index is 0.909. The fraction of sp³-hybridized carbons (Fsp3) is 0. The quantitative estimate of drug-likeness (QED) is 0.200. The second kappa shape index (κ2) is 9.43. The number of rotatable bonds is 3. The molecule has 2 nitrogen and oxygen atoms in total. The average Bonchev–Trinajstić information content (AvgIpc) is 3.78. The Morgan fingerprint density at radius 1 is 0.444 bits per heavy atom. The predicted molar refractivity (Wildman–Crippen MR) is 192 cm³/mol. The van der Waals surface area contributed by atoms with Crippen LogP contribution in [0, 0.1) is 0 Å². The lowest BCUT2D eigenvalue weighted by atomic mass is 9.93. The monoisotopic (exact) mass is 591 g/mol. The number of thiophene rings is 1. The smallest absolute Gasteiger partial charge is 0.135 e. The van der Waals surface area contributed by atoms with Crippen molar-refractivity contribution in [3.05, 3.63) is 152 Å². The standard InChI is InChI=1S/C42H25NOS/c1-2-10-26(11-3-1)29-20-19-28(25-35(29)27-18-23-39-36(24-27)31-13-5-8-16-38(31)44-39)43-37-15-7-4-12-30(37)33-21-22-34-32-14-6-9-17-40(32)45-42(34)41(33)43/h1-25H. The largest absolute Gasteiger partial charge is 0.456 e. The molecule has 0 saturated heterocycles. The van der Waals surface area contributed by atoms with E-state index in [-0.39, 0.29) is 0 Å². The zero-order valence-electron chi connectivity index (χ0n) is 24.2. The maximum absolute atomic E-state index is 6.20. The van der Waals surface area contributed by atoms with Gasteiger partial charge in [0.05, 0.1) is 15.7 Å². The van der Waals surface area contributed by atoms with E-state index < -0.39 is 0 Å². The normalized spacial score (nSPS) is 12.0. The minimum Gasteiger partial charge on any atom is -0.456 e. The Morgan fingerprint density at radius 3 is 2.09 bits per heavy atom. The number of furan rings is 1. The maximum Gasteiger partial charge on any atom is 0.135 e. The first kappa shape index (κ1) is 24.8. The first-order chi connectivity index (χ1) is 22.3. The first-order valence-electron chi connectivity index (χ1n) is 15.3. The van der Waals surface area contributed by atoms with Crippen LogP contribution in [0.5, 0.6) is 0 Å². The van der Waals surface area contributed by atoms with Crippen molar-refractivity contribution >= 4 is 75.3 Å². The second-order valence-corrected chi connectivity index (χ2v) is 12.7. The summed E-state index contributed by atoms with van der Waals surface area (Å²) in [7, 11) is 0. The van der Waals surface area contributed by atoms with Gasteiger partial charge in [0, 0.05) is 42.7 Å². The molecule has 0 N–H and O–H groups in total. The first-order valence-corrected chi connectivity index (χ1v) is 16.1. The van der Waals surface area contributed by atoms with Gasteiger partial charge in [0.2, 0.25) is 0 Å². The highest BCUT2D eigenvalue weighted by Crippen LogP contribution is 2.44. The molecule has 0 saturated carbocycles. The van der Waals surface area contributed by atoms with Gasteiger partial charge in [-0.2, -0.15) is 0 Å². The Hall–Kier alpha value is -5.64. The number of hydrogen-bond donors (Lipinski definition) is 0. The van der Waals surface area contributed by atoms with Crippen molar-refractivity contribution < 1.29 is 4.42 Å². The van der Waals surface area contributed by atoms with Crippen LogP contribution in [0.2, 0.25) is 0 Å². The van der Waals surface area contributed by atoms with Crippen molar-refractivity contribution in [2.45, 2.75) is 0 Å². The third-order valence-electron chi connectivity index (χ3n) is 9.21. The van der Waals surface area contributed by atoms with Gasteiger partial charge in [-0.15, -0.1) is 11.3 Å². The third kappa shape index (κ3) is 3.62. The zero-order valence-corrected chi connectivity index (χ0v) is 25.0. The van der Waals surface area contributed by atoms with E-state index in [0.29, 0.717) is 0 Å². The Morgan fingerprint density at radius 2 is 1.18 bits per heavy atom. The van der Waals surface area contributed by atoms with Crippen LogP contribution >= 0.6 is 11.3 Å². The Bertz CT molecular complexity index is 2760. The summed E-state index contributed by atoms with van der Waals surface area (Å²) in [5, 5.41) is 7.46. The molecular formula is C42H25NOS. The molecule has 45 heavy (non-hydrogen) atoms. The molecule has 0 unspecified atom stereocenters. The molecular weight excluding hydrogens is 567 g/mol. The second-order valence-electron chi connectivity index (χ2n) is 11.7. The van der Waals surface area contributed by atoms with Gasteiger partial charge in [-0.3, -0.25) is 0 Å². The van der Waals surface area contributed by atoms with Gasteiger partial charge in [0.25, 0.3) is 0 Å². The van der Waals surface area contributed by atoms with E-state index >= 15 is 0 Å². The zero-order chi connectivity index (χ0) is 29.5. The lowest BCUT2D eigenvalue weighted by molar-refractivity contribution is 0.669. The summed E-state index contributed by atoms with van der Waals surface area (Å²) >= 11 is 1.89. The number of para-hydroxylation sites is 2. The lowest BCUT2D eigenvalue weighted by Crippen LogP contribution is -1.96. The molecule has 0 radical (unpaired) electrons. The molecule has 3 aromatic heterocycles. The van der Waals surface area contributed by atoms with E-state index in [1.165, 1.54) is 64.2 Å². The summed E-state index contributed by atoms with van der Waals surface area (Å²) in [5.41, 5.74) is 10.2. The molecule has 3 heterocycles. The highest BCUT2D eigenvalue weighted by atomic mass is 32.1. The van der Waals surface area contributed by atoms with Crippen LogP contribution in [0.25, 0.3) is 91.9 Å². The molecule has 0 bridgehead atoms. The fourth-order valence-corrected chi connectivity index (χ4v) is 8.41. The number of hydrogen-bond acceptors (Lipinski definition) is 2. The molecule has 0 fully saturated rings. The number of nitrogens with zero attached hydrogens (tertiary/aromatic N) is 1. The van der Waals surface area contributed by atoms with E-state index in [1.807, 2.05) is 23.5 Å². The van der Waals surface area contributed by atoms with Crippen molar-refractivity contribution in [3.63, 3.8) is 0 Å². The van der Waals surface area contributed by atoms with Crippen LogP contribution in [0.1, 0.15) is 0 Å². The SMILES string of the molecule is c1ccc(-c2ccc(-n3c4ccccc4c4ccc5c6ccccc6sc5c43)cc2-c2ccc3oc4ccccc4c3c2)cc1. The molecule has 3 heteroatoms.